The van der Waals surface area contributed by atoms with Crippen molar-refractivity contribution in [3.8, 4) is 0 Å². The minimum absolute atomic E-state index is 0.0933. The molecule has 3 nitrogen and oxygen atoms in total. The maximum Gasteiger partial charge on any atom is 0.220 e. The third-order valence-electron chi connectivity index (χ3n) is 6.27. The zero-order chi connectivity index (χ0) is 21.1. The lowest BCUT2D eigenvalue weighted by Crippen LogP contribution is -2.48. The Labute approximate surface area is 181 Å². The van der Waals surface area contributed by atoms with Crippen LogP contribution < -0.4 is 5.32 Å². The highest BCUT2D eigenvalue weighted by Gasteiger charge is 2.38. The van der Waals surface area contributed by atoms with E-state index in [9.17, 15) is 9.18 Å². The predicted octanol–water partition coefficient (Wildman–Crippen LogP) is 6.50. The number of nitrogens with one attached hydrogen (secondary N) is 1. The van der Waals surface area contributed by atoms with Gasteiger partial charge in [0.2, 0.25) is 5.91 Å². The topological polar surface area (TPSA) is 42.0 Å². The summed E-state index contributed by atoms with van der Waals surface area (Å²) in [6.45, 7) is 2.02. The van der Waals surface area contributed by atoms with Gasteiger partial charge in [0, 0.05) is 29.1 Å². The van der Waals surface area contributed by atoms with Crippen LogP contribution in [0.5, 0.6) is 0 Å². The number of hydrogen-bond acceptors (Lipinski definition) is 2. The Balaban J connectivity index is 1.62. The number of carbonyl (C=O) groups excluding carboxylic acids is 1. The number of amides is 1. The van der Waals surface area contributed by atoms with Crippen LogP contribution in [0.25, 0.3) is 10.9 Å². The molecule has 4 rings (SSSR count). The first kappa shape index (κ1) is 20.8. The van der Waals surface area contributed by atoms with E-state index in [0.717, 1.165) is 43.1 Å². The predicted molar refractivity (Wildman–Crippen MR) is 119 cm³/mol. The highest BCUT2D eigenvalue weighted by Crippen LogP contribution is 2.45. The van der Waals surface area contributed by atoms with Crippen molar-refractivity contribution in [3.05, 3.63) is 76.7 Å². The molecule has 1 amide bonds. The van der Waals surface area contributed by atoms with Gasteiger partial charge in [0.05, 0.1) is 11.1 Å². The fraction of sp³-hybridized carbons (Fsp3) is 0.360. The lowest BCUT2D eigenvalue weighted by Gasteiger charge is -2.42. The van der Waals surface area contributed by atoms with Crippen LogP contribution in [0.4, 0.5) is 4.39 Å². The van der Waals surface area contributed by atoms with Crippen LogP contribution in [0.2, 0.25) is 5.02 Å². The van der Waals surface area contributed by atoms with E-state index in [1.54, 1.807) is 6.20 Å². The maximum absolute atomic E-state index is 13.6. The van der Waals surface area contributed by atoms with Gasteiger partial charge in [-0.3, -0.25) is 9.78 Å². The molecule has 0 saturated heterocycles. The van der Waals surface area contributed by atoms with Gasteiger partial charge in [0.15, 0.2) is 0 Å². The Morgan fingerprint density at radius 2 is 1.90 bits per heavy atom. The summed E-state index contributed by atoms with van der Waals surface area (Å²) in [5.74, 6) is 0.177. The van der Waals surface area contributed by atoms with Gasteiger partial charge in [-0.05, 0) is 79.5 Å². The number of halogens is 2. The summed E-state index contributed by atoms with van der Waals surface area (Å²) < 4.78 is 13.6. The molecule has 1 aliphatic carbocycles. The second kappa shape index (κ2) is 8.73. The first-order valence-electron chi connectivity index (χ1n) is 10.6. The third kappa shape index (κ3) is 4.20. The van der Waals surface area contributed by atoms with Crippen molar-refractivity contribution < 1.29 is 9.18 Å². The number of rotatable bonds is 5. The van der Waals surface area contributed by atoms with E-state index in [2.05, 4.69) is 16.4 Å². The van der Waals surface area contributed by atoms with E-state index in [1.165, 1.54) is 17.7 Å². The van der Waals surface area contributed by atoms with E-state index in [0.29, 0.717) is 22.9 Å². The number of nitrogens with zero attached hydrogens (tertiary/aromatic N) is 1. The van der Waals surface area contributed by atoms with E-state index in [1.807, 2.05) is 37.3 Å². The maximum atomic E-state index is 13.6. The number of pyridine rings is 1. The number of benzene rings is 2. The molecule has 0 bridgehead atoms. The highest BCUT2D eigenvalue weighted by atomic mass is 35.5. The van der Waals surface area contributed by atoms with E-state index >= 15 is 0 Å². The lowest BCUT2D eigenvalue weighted by molar-refractivity contribution is -0.123. The first-order chi connectivity index (χ1) is 14.5. The van der Waals surface area contributed by atoms with Crippen LogP contribution in [0.1, 0.15) is 62.5 Å². The van der Waals surface area contributed by atoms with Crippen LogP contribution in [-0.4, -0.2) is 10.9 Å². The quantitative estimate of drug-likeness (QED) is 0.508. The minimum atomic E-state index is -0.373. The molecule has 1 N–H and O–H groups in total. The molecule has 156 valence electrons. The summed E-state index contributed by atoms with van der Waals surface area (Å²) in [4.78, 5) is 16.9. The summed E-state index contributed by atoms with van der Waals surface area (Å²) in [6.07, 6.45) is 6.68. The Hall–Kier alpha value is -2.46. The third-order valence-corrected chi connectivity index (χ3v) is 6.52. The van der Waals surface area contributed by atoms with Crippen molar-refractivity contribution in [1.29, 1.82) is 0 Å². The SMILES string of the molecule is CCCC(=O)NC1(c2ccc(Cl)cc2)CCC(c2ccnc3cc(F)ccc23)CC1. The summed E-state index contributed by atoms with van der Waals surface area (Å²) in [6, 6.07) is 14.7. The van der Waals surface area contributed by atoms with E-state index < -0.39 is 0 Å². The van der Waals surface area contributed by atoms with Crippen molar-refractivity contribution >= 4 is 28.4 Å². The number of aromatic nitrogens is 1. The monoisotopic (exact) mass is 424 g/mol. The summed E-state index contributed by atoms with van der Waals surface area (Å²) in [5.41, 5.74) is 2.64. The van der Waals surface area contributed by atoms with Gasteiger partial charge in [-0.15, -0.1) is 0 Å². The van der Waals surface area contributed by atoms with Gasteiger partial charge < -0.3 is 5.32 Å². The van der Waals surface area contributed by atoms with E-state index in [4.69, 9.17) is 11.6 Å². The summed E-state index contributed by atoms with van der Waals surface area (Å²) >= 11 is 6.10. The minimum Gasteiger partial charge on any atom is -0.347 e. The van der Waals surface area contributed by atoms with Crippen molar-refractivity contribution in [3.63, 3.8) is 0 Å². The molecule has 1 saturated carbocycles. The van der Waals surface area contributed by atoms with Crippen LogP contribution >= 0.6 is 11.6 Å². The molecular weight excluding hydrogens is 399 g/mol. The highest BCUT2D eigenvalue weighted by molar-refractivity contribution is 6.30. The molecule has 3 aromatic rings. The van der Waals surface area contributed by atoms with Crippen LogP contribution in [0.15, 0.2) is 54.7 Å². The zero-order valence-corrected chi connectivity index (χ0v) is 17.9. The molecule has 0 atom stereocenters. The van der Waals surface area contributed by atoms with Gasteiger partial charge in [0.1, 0.15) is 5.82 Å². The molecule has 5 heteroatoms. The largest absolute Gasteiger partial charge is 0.347 e. The zero-order valence-electron chi connectivity index (χ0n) is 17.1. The first-order valence-corrected chi connectivity index (χ1v) is 11.0. The Morgan fingerprint density at radius 1 is 1.17 bits per heavy atom. The molecule has 2 aromatic carbocycles. The van der Waals surface area contributed by atoms with Crippen LogP contribution in [-0.2, 0) is 10.3 Å². The Morgan fingerprint density at radius 3 is 2.60 bits per heavy atom. The van der Waals surface area contributed by atoms with Gasteiger partial charge >= 0.3 is 0 Å². The number of fused-ring (bicyclic) bond motifs is 1. The molecule has 0 radical (unpaired) electrons. The molecule has 0 unspecified atom stereocenters. The second-order valence-electron chi connectivity index (χ2n) is 8.22. The van der Waals surface area contributed by atoms with Crippen molar-refractivity contribution in [2.45, 2.75) is 56.9 Å². The van der Waals surface area contributed by atoms with Crippen LogP contribution in [0, 0.1) is 5.82 Å². The van der Waals surface area contributed by atoms with Gasteiger partial charge in [-0.2, -0.15) is 0 Å². The normalized spacial score (nSPS) is 21.5. The second-order valence-corrected chi connectivity index (χ2v) is 8.66. The van der Waals surface area contributed by atoms with Crippen molar-refractivity contribution in [2.24, 2.45) is 0 Å². The van der Waals surface area contributed by atoms with Gasteiger partial charge in [-0.25, -0.2) is 4.39 Å². The molecule has 1 aromatic heterocycles. The van der Waals surface area contributed by atoms with E-state index in [-0.39, 0.29) is 17.3 Å². The smallest absolute Gasteiger partial charge is 0.220 e. The molecular formula is C25H26ClFN2O. The molecule has 1 fully saturated rings. The molecule has 0 aliphatic heterocycles. The van der Waals surface area contributed by atoms with Crippen molar-refractivity contribution in [2.75, 3.05) is 0 Å². The number of carbonyl (C=O) groups is 1. The average Bonchev–Trinajstić information content (AvgIpc) is 2.74. The fourth-order valence-corrected chi connectivity index (χ4v) is 4.86. The lowest BCUT2D eigenvalue weighted by atomic mass is 9.70. The van der Waals surface area contributed by atoms with Gasteiger partial charge in [-0.1, -0.05) is 30.7 Å². The molecule has 1 heterocycles. The summed E-state index contributed by atoms with van der Waals surface area (Å²) in [5, 5.41) is 5.05. The average molecular weight is 425 g/mol. The van der Waals surface area contributed by atoms with Crippen LogP contribution in [0.3, 0.4) is 0 Å². The molecule has 1 aliphatic rings. The number of hydrogen-bond donors (Lipinski definition) is 1. The molecule has 30 heavy (non-hydrogen) atoms. The summed E-state index contributed by atoms with van der Waals surface area (Å²) in [7, 11) is 0. The van der Waals surface area contributed by atoms with Crippen molar-refractivity contribution in [1.82, 2.24) is 10.3 Å². The Bertz CT molecular complexity index is 1040. The molecule has 0 spiro atoms. The van der Waals surface area contributed by atoms with Gasteiger partial charge in [0.25, 0.3) is 0 Å². The Kier molecular flexibility index (Phi) is 6.05. The standard InChI is InChI=1S/C25H26ClFN2O/c1-2-3-24(30)29-25(18-4-6-19(26)7-5-18)13-10-17(11-14-25)21-12-15-28-23-16-20(27)8-9-22(21)23/h4-9,12,15-17H,2-3,10-11,13-14H2,1H3,(H,29,30). The fourth-order valence-electron chi connectivity index (χ4n) is 4.73.